The third-order valence-electron chi connectivity index (χ3n) is 6.29. The number of nitrogens with zero attached hydrogens (tertiary/aromatic N) is 2. The Morgan fingerprint density at radius 1 is 0.786 bits per heavy atom. The van der Waals surface area contributed by atoms with E-state index in [1.165, 1.54) is 18.2 Å². The fourth-order valence-corrected chi connectivity index (χ4v) is 4.89. The van der Waals surface area contributed by atoms with Crippen LogP contribution in [0.2, 0.25) is 10.0 Å². The number of hydrogen-bond donors (Lipinski definition) is 1. The lowest BCUT2D eigenvalue weighted by Gasteiger charge is -2.33. The standard InChI is InChI=1S/C32H23Cl2N3O5/c1-20-12-14-22(15-13-20)35-28(38)19-42-29-26(33)17-21(18-27(29)34)16-25-30(39)36(23-8-4-2-5-9-23)32(41)37(31(25)40)24-10-6-3-7-11-24/h2-18H,19H2,1H3,(H,35,38). The smallest absolute Gasteiger partial charge is 0.343 e. The van der Waals surface area contributed by atoms with Crippen LogP contribution in [-0.2, 0) is 14.4 Å². The molecule has 1 N–H and O–H groups in total. The van der Waals surface area contributed by atoms with E-state index in [2.05, 4.69) is 5.32 Å². The summed E-state index contributed by atoms with van der Waals surface area (Å²) in [4.78, 5) is 54.8. The summed E-state index contributed by atoms with van der Waals surface area (Å²) in [7, 11) is 0. The van der Waals surface area contributed by atoms with E-state index in [0.29, 0.717) is 22.6 Å². The number of barbiturate groups is 1. The lowest BCUT2D eigenvalue weighted by atomic mass is 10.0. The molecular formula is C32H23Cl2N3O5. The van der Waals surface area contributed by atoms with Gasteiger partial charge in [0.25, 0.3) is 17.7 Å². The molecule has 0 unspecified atom stereocenters. The Kier molecular flexibility index (Phi) is 8.38. The highest BCUT2D eigenvalue weighted by atomic mass is 35.5. The van der Waals surface area contributed by atoms with Crippen molar-refractivity contribution in [2.45, 2.75) is 6.92 Å². The van der Waals surface area contributed by atoms with Crippen LogP contribution in [0.1, 0.15) is 11.1 Å². The number of hydrogen-bond acceptors (Lipinski definition) is 5. The molecule has 8 nitrogen and oxygen atoms in total. The van der Waals surface area contributed by atoms with E-state index in [9.17, 15) is 19.2 Å². The van der Waals surface area contributed by atoms with Crippen molar-refractivity contribution >= 4 is 70.1 Å². The van der Waals surface area contributed by atoms with Gasteiger partial charge in [-0.2, -0.15) is 0 Å². The first-order chi connectivity index (χ1) is 20.2. The summed E-state index contributed by atoms with van der Waals surface area (Å²) in [5, 5.41) is 2.84. The SMILES string of the molecule is Cc1ccc(NC(=O)COc2c(Cl)cc(C=C3C(=O)N(c4ccccc4)C(=O)N(c4ccccc4)C3=O)cc2Cl)cc1. The second kappa shape index (κ2) is 12.3. The molecule has 1 aliphatic heterocycles. The normalized spacial score (nSPS) is 13.3. The maximum Gasteiger partial charge on any atom is 0.343 e. The molecule has 0 bridgehead atoms. The molecule has 1 saturated heterocycles. The average Bonchev–Trinajstić information content (AvgIpc) is 2.97. The highest BCUT2D eigenvalue weighted by Crippen LogP contribution is 2.36. The van der Waals surface area contributed by atoms with Gasteiger partial charge in [-0.3, -0.25) is 14.4 Å². The van der Waals surface area contributed by atoms with E-state index < -0.39 is 23.8 Å². The zero-order valence-corrected chi connectivity index (χ0v) is 23.7. The van der Waals surface area contributed by atoms with Crippen molar-refractivity contribution in [2.75, 3.05) is 21.7 Å². The fraction of sp³-hybridized carbons (Fsp3) is 0.0625. The van der Waals surface area contributed by atoms with Gasteiger partial charge >= 0.3 is 6.03 Å². The van der Waals surface area contributed by atoms with Crippen molar-refractivity contribution < 1.29 is 23.9 Å². The molecule has 4 aromatic rings. The Morgan fingerprint density at radius 3 is 1.79 bits per heavy atom. The van der Waals surface area contributed by atoms with E-state index in [0.717, 1.165) is 15.4 Å². The molecule has 0 aliphatic carbocycles. The Balaban J connectivity index is 1.43. The molecule has 10 heteroatoms. The van der Waals surface area contributed by atoms with E-state index in [1.807, 2.05) is 19.1 Å². The minimum atomic E-state index is -0.803. The molecular weight excluding hydrogens is 577 g/mol. The topological polar surface area (TPSA) is 96.0 Å². The zero-order chi connectivity index (χ0) is 29.8. The Labute approximate surface area is 251 Å². The van der Waals surface area contributed by atoms with Gasteiger partial charge in [0.1, 0.15) is 5.57 Å². The van der Waals surface area contributed by atoms with Crippen LogP contribution in [0.5, 0.6) is 5.75 Å². The largest absolute Gasteiger partial charge is 0.481 e. The first-order valence-corrected chi connectivity index (χ1v) is 13.5. The van der Waals surface area contributed by atoms with Crippen LogP contribution in [0.15, 0.2) is 103 Å². The Bertz CT molecular complexity index is 1620. The fourth-order valence-electron chi connectivity index (χ4n) is 4.28. The minimum absolute atomic E-state index is 0.0594. The lowest BCUT2D eigenvalue weighted by Crippen LogP contribution is -2.57. The van der Waals surface area contributed by atoms with E-state index >= 15 is 0 Å². The second-order valence-corrected chi connectivity index (χ2v) is 10.1. The third kappa shape index (κ3) is 6.05. The first kappa shape index (κ1) is 28.6. The van der Waals surface area contributed by atoms with Crippen LogP contribution in [0.4, 0.5) is 21.9 Å². The maximum atomic E-state index is 13.6. The molecule has 5 amide bonds. The van der Waals surface area contributed by atoms with Crippen LogP contribution >= 0.6 is 23.2 Å². The summed E-state index contributed by atoms with van der Waals surface area (Å²) in [6.07, 6.45) is 1.31. The number of imide groups is 2. The van der Waals surface area contributed by atoms with Gasteiger partial charge in [0, 0.05) is 5.69 Å². The van der Waals surface area contributed by atoms with Gasteiger partial charge in [0.05, 0.1) is 21.4 Å². The van der Waals surface area contributed by atoms with Crippen LogP contribution in [0, 0.1) is 6.92 Å². The number of anilines is 3. The van der Waals surface area contributed by atoms with Gasteiger partial charge in [0.15, 0.2) is 12.4 Å². The summed E-state index contributed by atoms with van der Waals surface area (Å²) < 4.78 is 5.58. The molecule has 4 aromatic carbocycles. The van der Waals surface area contributed by atoms with Crippen molar-refractivity contribution in [1.82, 2.24) is 0 Å². The molecule has 5 rings (SSSR count). The number of nitrogens with one attached hydrogen (secondary N) is 1. The van der Waals surface area contributed by atoms with Gasteiger partial charge in [-0.15, -0.1) is 0 Å². The molecule has 42 heavy (non-hydrogen) atoms. The summed E-state index contributed by atoms with van der Waals surface area (Å²) in [5.41, 5.74) is 2.31. The summed E-state index contributed by atoms with van der Waals surface area (Å²) in [6, 6.07) is 26.0. The van der Waals surface area contributed by atoms with E-state index in [-0.39, 0.29) is 28.0 Å². The average molecular weight is 600 g/mol. The van der Waals surface area contributed by atoms with Crippen molar-refractivity contribution in [3.63, 3.8) is 0 Å². The number of amides is 5. The van der Waals surface area contributed by atoms with Crippen molar-refractivity contribution in [2.24, 2.45) is 0 Å². The predicted octanol–water partition coefficient (Wildman–Crippen LogP) is 6.90. The van der Waals surface area contributed by atoms with Gasteiger partial charge in [-0.1, -0.05) is 77.3 Å². The van der Waals surface area contributed by atoms with Crippen molar-refractivity contribution in [3.8, 4) is 5.75 Å². The third-order valence-corrected chi connectivity index (χ3v) is 6.85. The Morgan fingerprint density at radius 2 is 1.29 bits per heavy atom. The van der Waals surface area contributed by atoms with Crippen LogP contribution in [0.3, 0.4) is 0 Å². The quantitative estimate of drug-likeness (QED) is 0.184. The molecule has 1 heterocycles. The maximum absolute atomic E-state index is 13.6. The van der Waals surface area contributed by atoms with Gasteiger partial charge in [0.2, 0.25) is 0 Å². The number of carbonyl (C=O) groups excluding carboxylic acids is 4. The zero-order valence-electron chi connectivity index (χ0n) is 22.2. The number of ether oxygens (including phenoxy) is 1. The monoisotopic (exact) mass is 599 g/mol. The minimum Gasteiger partial charge on any atom is -0.481 e. The molecule has 0 aromatic heterocycles. The molecule has 0 radical (unpaired) electrons. The number of urea groups is 1. The number of aryl methyl sites for hydroxylation is 1. The van der Waals surface area contributed by atoms with Gasteiger partial charge in [-0.25, -0.2) is 14.6 Å². The van der Waals surface area contributed by atoms with Gasteiger partial charge < -0.3 is 10.1 Å². The van der Waals surface area contributed by atoms with E-state index in [4.69, 9.17) is 27.9 Å². The number of carbonyl (C=O) groups is 4. The molecule has 0 spiro atoms. The van der Waals surface area contributed by atoms with E-state index in [1.54, 1.807) is 72.8 Å². The summed E-state index contributed by atoms with van der Waals surface area (Å²) in [6.45, 7) is 1.58. The molecule has 0 saturated carbocycles. The van der Waals surface area contributed by atoms with Crippen LogP contribution in [-0.4, -0.2) is 30.4 Å². The van der Waals surface area contributed by atoms with Crippen LogP contribution < -0.4 is 19.9 Å². The van der Waals surface area contributed by atoms with Crippen molar-refractivity contribution in [3.05, 3.63) is 124 Å². The number of halogens is 2. The van der Waals surface area contributed by atoms with Gasteiger partial charge in [-0.05, 0) is 67.1 Å². The lowest BCUT2D eigenvalue weighted by molar-refractivity contribution is -0.121. The Hall–Kier alpha value is -4.92. The molecule has 210 valence electrons. The highest BCUT2D eigenvalue weighted by molar-refractivity contribution is 6.46. The number of para-hydroxylation sites is 2. The predicted molar refractivity (Wildman–Crippen MR) is 163 cm³/mol. The number of benzene rings is 4. The second-order valence-electron chi connectivity index (χ2n) is 9.31. The highest BCUT2D eigenvalue weighted by Gasteiger charge is 2.43. The van der Waals surface area contributed by atoms with Crippen LogP contribution in [0.25, 0.3) is 6.08 Å². The summed E-state index contributed by atoms with van der Waals surface area (Å²) >= 11 is 12.9. The first-order valence-electron chi connectivity index (χ1n) is 12.8. The number of rotatable bonds is 7. The van der Waals surface area contributed by atoms with Crippen molar-refractivity contribution in [1.29, 1.82) is 0 Å². The summed E-state index contributed by atoms with van der Waals surface area (Å²) in [5.74, 6) is -1.96. The molecule has 1 aliphatic rings. The molecule has 1 fully saturated rings. The molecule has 0 atom stereocenters.